The van der Waals surface area contributed by atoms with Gasteiger partial charge in [-0.3, -0.25) is 19.2 Å². The Morgan fingerprint density at radius 3 is 2.67 bits per heavy atom. The van der Waals surface area contributed by atoms with E-state index in [4.69, 9.17) is 16.7 Å². The van der Waals surface area contributed by atoms with Gasteiger partial charge in [0.1, 0.15) is 12.4 Å². The van der Waals surface area contributed by atoms with Crippen LogP contribution in [0.15, 0.2) is 24.3 Å². The molecule has 0 radical (unpaired) electrons. The highest BCUT2D eigenvalue weighted by Gasteiger charge is 2.39. The van der Waals surface area contributed by atoms with Crippen molar-refractivity contribution in [3.63, 3.8) is 0 Å². The number of nitrogens with one attached hydrogen (secondary N) is 1. The maximum absolute atomic E-state index is 13.1. The van der Waals surface area contributed by atoms with Gasteiger partial charge >= 0.3 is 0 Å². The molecule has 30 heavy (non-hydrogen) atoms. The van der Waals surface area contributed by atoms with E-state index < -0.39 is 0 Å². The number of thioether (sulfide) groups is 1. The minimum atomic E-state index is -0.241. The molecule has 1 atom stereocenters. The van der Waals surface area contributed by atoms with Crippen LogP contribution in [-0.2, 0) is 22.1 Å². The fraction of sp³-hybridized carbons (Fsp3) is 0.500. The average Bonchev–Trinajstić information content (AvgIpc) is 2.96. The average molecular weight is 449 g/mol. The number of aryl methyl sites for hydroxylation is 1. The van der Waals surface area contributed by atoms with Gasteiger partial charge in [0.05, 0.1) is 16.7 Å². The number of benzene rings is 1. The van der Waals surface area contributed by atoms with E-state index in [1.165, 1.54) is 11.8 Å². The summed E-state index contributed by atoms with van der Waals surface area (Å²) in [5.74, 6) is 0.656. The summed E-state index contributed by atoms with van der Waals surface area (Å²) in [5, 5.41) is 8.18. The SMILES string of the molecule is CCCNC(=O)CN1C(=O)CSC(c2ccccc2Cl)c2c(C(C)(C)C)nn(C)c21. The van der Waals surface area contributed by atoms with Crippen LogP contribution in [0.3, 0.4) is 0 Å². The third-order valence-electron chi connectivity index (χ3n) is 5.02. The van der Waals surface area contributed by atoms with Crippen LogP contribution in [0.1, 0.15) is 56.2 Å². The zero-order valence-electron chi connectivity index (χ0n) is 18.2. The molecule has 162 valence electrons. The summed E-state index contributed by atoms with van der Waals surface area (Å²) in [4.78, 5) is 27.2. The van der Waals surface area contributed by atoms with E-state index in [0.29, 0.717) is 17.4 Å². The van der Waals surface area contributed by atoms with E-state index in [2.05, 4.69) is 26.1 Å². The monoisotopic (exact) mass is 448 g/mol. The number of carbonyl (C=O) groups excluding carboxylic acids is 2. The summed E-state index contributed by atoms with van der Waals surface area (Å²) in [7, 11) is 1.83. The third-order valence-corrected chi connectivity index (χ3v) is 6.60. The van der Waals surface area contributed by atoms with Crippen LogP contribution in [0.4, 0.5) is 5.82 Å². The molecule has 2 aromatic rings. The number of aromatic nitrogens is 2. The Labute approximate surface area is 187 Å². The first-order valence-corrected chi connectivity index (χ1v) is 11.6. The number of anilines is 1. The summed E-state index contributed by atoms with van der Waals surface area (Å²) in [5.41, 5.74) is 2.58. The second kappa shape index (κ2) is 9.02. The Morgan fingerprint density at radius 2 is 2.03 bits per heavy atom. The minimum absolute atomic E-state index is 0.0231. The standard InChI is InChI=1S/C22H29ClN4O2S/c1-6-11-24-16(28)12-27-17(29)13-30-19(14-9-7-8-10-15(14)23)18-20(22(2,3)4)25-26(5)21(18)27/h7-10,19H,6,11-13H2,1-5H3,(H,24,28). The minimum Gasteiger partial charge on any atom is -0.355 e. The normalized spacial score (nSPS) is 16.9. The van der Waals surface area contributed by atoms with Gasteiger partial charge in [0.15, 0.2) is 0 Å². The molecule has 1 aliphatic heterocycles. The topological polar surface area (TPSA) is 67.2 Å². The van der Waals surface area contributed by atoms with E-state index in [0.717, 1.165) is 23.2 Å². The van der Waals surface area contributed by atoms with E-state index in [1.807, 2.05) is 38.2 Å². The van der Waals surface area contributed by atoms with Crippen LogP contribution < -0.4 is 10.2 Å². The molecule has 8 heteroatoms. The quantitative estimate of drug-likeness (QED) is 0.748. The molecule has 2 amide bonds. The number of halogens is 1. The van der Waals surface area contributed by atoms with Gasteiger partial charge in [-0.05, 0) is 18.1 Å². The molecule has 1 aliphatic rings. The van der Waals surface area contributed by atoms with Crippen molar-refractivity contribution in [1.82, 2.24) is 15.1 Å². The highest BCUT2D eigenvalue weighted by molar-refractivity contribution is 8.00. The lowest BCUT2D eigenvalue weighted by atomic mass is 9.87. The molecule has 0 spiro atoms. The summed E-state index contributed by atoms with van der Waals surface area (Å²) in [6, 6.07) is 7.72. The molecule has 0 saturated heterocycles. The molecule has 6 nitrogen and oxygen atoms in total. The molecule has 3 rings (SSSR count). The molecule has 0 bridgehead atoms. The first kappa shape index (κ1) is 22.7. The van der Waals surface area contributed by atoms with Crippen LogP contribution in [-0.4, -0.2) is 40.4 Å². The fourth-order valence-corrected chi connectivity index (χ4v) is 5.18. The van der Waals surface area contributed by atoms with Crippen molar-refractivity contribution in [2.75, 3.05) is 23.7 Å². The number of hydrogen-bond acceptors (Lipinski definition) is 4. The fourth-order valence-electron chi connectivity index (χ4n) is 3.64. The van der Waals surface area contributed by atoms with Crippen molar-refractivity contribution in [3.8, 4) is 0 Å². The molecule has 1 unspecified atom stereocenters. The number of nitrogens with zero attached hydrogens (tertiary/aromatic N) is 3. The van der Waals surface area contributed by atoms with E-state index >= 15 is 0 Å². The number of amides is 2. The molecular weight excluding hydrogens is 420 g/mol. The molecule has 0 saturated carbocycles. The highest BCUT2D eigenvalue weighted by atomic mass is 35.5. The zero-order chi connectivity index (χ0) is 22.1. The summed E-state index contributed by atoms with van der Waals surface area (Å²) < 4.78 is 1.73. The summed E-state index contributed by atoms with van der Waals surface area (Å²) in [6.45, 7) is 8.88. The van der Waals surface area contributed by atoms with Crippen LogP contribution in [0, 0.1) is 0 Å². The number of rotatable bonds is 5. The van der Waals surface area contributed by atoms with Crippen LogP contribution in [0.25, 0.3) is 0 Å². The van der Waals surface area contributed by atoms with Crippen molar-refractivity contribution in [2.45, 2.75) is 44.8 Å². The van der Waals surface area contributed by atoms with Gasteiger partial charge in [-0.1, -0.05) is 57.5 Å². The van der Waals surface area contributed by atoms with Gasteiger partial charge in [0.25, 0.3) is 0 Å². The highest BCUT2D eigenvalue weighted by Crippen LogP contribution is 2.48. The number of carbonyl (C=O) groups is 2. The number of hydrogen-bond donors (Lipinski definition) is 1. The Kier molecular flexibility index (Phi) is 6.82. The first-order chi connectivity index (χ1) is 14.1. The van der Waals surface area contributed by atoms with Crippen molar-refractivity contribution in [2.24, 2.45) is 7.05 Å². The summed E-state index contributed by atoms with van der Waals surface area (Å²) >= 11 is 8.10. The van der Waals surface area contributed by atoms with E-state index in [-0.39, 0.29) is 34.8 Å². The maximum atomic E-state index is 13.1. The lowest BCUT2D eigenvalue weighted by molar-refractivity contribution is -0.122. The van der Waals surface area contributed by atoms with Gasteiger partial charge in [-0.15, -0.1) is 11.8 Å². The maximum Gasteiger partial charge on any atom is 0.240 e. The Balaban J connectivity index is 2.17. The van der Waals surface area contributed by atoms with Crippen molar-refractivity contribution >= 4 is 41.0 Å². The van der Waals surface area contributed by atoms with Crippen molar-refractivity contribution < 1.29 is 9.59 Å². The Bertz CT molecular complexity index is 951. The first-order valence-electron chi connectivity index (χ1n) is 10.2. The smallest absolute Gasteiger partial charge is 0.240 e. The zero-order valence-corrected chi connectivity index (χ0v) is 19.7. The van der Waals surface area contributed by atoms with Crippen LogP contribution in [0.5, 0.6) is 0 Å². The van der Waals surface area contributed by atoms with E-state index in [9.17, 15) is 9.59 Å². The van der Waals surface area contributed by atoms with Gasteiger partial charge in [-0.25, -0.2) is 0 Å². The lowest BCUT2D eigenvalue weighted by Gasteiger charge is -2.24. The van der Waals surface area contributed by atoms with Crippen LogP contribution in [0.2, 0.25) is 5.02 Å². The predicted octanol–water partition coefficient (Wildman–Crippen LogP) is 4.07. The second-order valence-electron chi connectivity index (χ2n) is 8.50. The van der Waals surface area contributed by atoms with Gasteiger partial charge in [0.2, 0.25) is 11.8 Å². The molecular formula is C22H29ClN4O2S. The molecule has 1 aromatic heterocycles. The molecule has 2 heterocycles. The predicted molar refractivity (Wildman–Crippen MR) is 123 cm³/mol. The largest absolute Gasteiger partial charge is 0.355 e. The summed E-state index contributed by atoms with van der Waals surface area (Å²) in [6.07, 6.45) is 0.843. The second-order valence-corrected chi connectivity index (χ2v) is 10.0. The van der Waals surface area contributed by atoms with Crippen molar-refractivity contribution in [1.29, 1.82) is 0 Å². The molecule has 0 aliphatic carbocycles. The molecule has 0 fully saturated rings. The lowest BCUT2D eigenvalue weighted by Crippen LogP contribution is -2.42. The van der Waals surface area contributed by atoms with Crippen LogP contribution >= 0.6 is 23.4 Å². The van der Waals surface area contributed by atoms with Gasteiger partial charge in [-0.2, -0.15) is 5.10 Å². The van der Waals surface area contributed by atoms with Gasteiger partial charge in [0, 0.05) is 29.6 Å². The van der Waals surface area contributed by atoms with E-state index in [1.54, 1.807) is 9.58 Å². The van der Waals surface area contributed by atoms with Gasteiger partial charge < -0.3 is 5.32 Å². The molecule has 1 aromatic carbocycles. The third kappa shape index (κ3) is 4.52. The van der Waals surface area contributed by atoms with Crippen molar-refractivity contribution in [3.05, 3.63) is 46.1 Å². The Morgan fingerprint density at radius 1 is 1.33 bits per heavy atom. The Hall–Kier alpha value is -1.99. The number of fused-ring (bicyclic) bond motifs is 1. The molecule has 1 N–H and O–H groups in total.